The van der Waals surface area contributed by atoms with Crippen LogP contribution in [-0.4, -0.2) is 61.0 Å². The molecule has 0 aromatic carbocycles. The number of rotatable bonds is 2. The molecule has 2 fully saturated rings. The van der Waals surface area contributed by atoms with Crippen molar-refractivity contribution in [1.29, 1.82) is 0 Å². The van der Waals surface area contributed by atoms with Gasteiger partial charge in [0, 0.05) is 32.7 Å². The molecule has 1 N–H and O–H groups in total. The molecule has 0 radical (unpaired) electrons. The minimum absolute atomic E-state index is 0. The molecule has 1 atom stereocenters. The predicted molar refractivity (Wildman–Crippen MR) is 80.8 cm³/mol. The van der Waals surface area contributed by atoms with E-state index in [1.165, 1.54) is 25.7 Å². The zero-order valence-corrected chi connectivity index (χ0v) is 12.9. The highest BCUT2D eigenvalue weighted by molar-refractivity contribution is 5.85. The van der Waals surface area contributed by atoms with E-state index in [2.05, 4.69) is 22.0 Å². The lowest BCUT2D eigenvalue weighted by Crippen LogP contribution is -2.48. The van der Waals surface area contributed by atoms with Gasteiger partial charge >= 0.3 is 0 Å². The number of likely N-dealkylation sites (tertiary alicyclic amines) is 1. The van der Waals surface area contributed by atoms with Crippen LogP contribution in [0.15, 0.2) is 0 Å². The number of carbonyl (C=O) groups is 1. The fourth-order valence-electron chi connectivity index (χ4n) is 2.97. The van der Waals surface area contributed by atoms with Crippen LogP contribution in [0.1, 0.15) is 39.0 Å². The van der Waals surface area contributed by atoms with Crippen molar-refractivity contribution in [2.45, 2.75) is 45.1 Å². The van der Waals surface area contributed by atoms with Gasteiger partial charge in [-0.25, -0.2) is 0 Å². The Kier molecular flexibility index (Phi) is 7.73. The molecule has 19 heavy (non-hydrogen) atoms. The first-order chi connectivity index (χ1) is 8.79. The van der Waals surface area contributed by atoms with Crippen molar-refractivity contribution in [2.24, 2.45) is 0 Å². The van der Waals surface area contributed by atoms with Crippen molar-refractivity contribution in [2.75, 3.05) is 39.3 Å². The van der Waals surface area contributed by atoms with Crippen molar-refractivity contribution in [3.63, 3.8) is 0 Å². The summed E-state index contributed by atoms with van der Waals surface area (Å²) in [6.45, 7) is 8.16. The third kappa shape index (κ3) is 4.93. The monoisotopic (exact) mass is 289 g/mol. The van der Waals surface area contributed by atoms with E-state index in [9.17, 15) is 4.79 Å². The highest BCUT2D eigenvalue weighted by atomic mass is 35.5. The minimum Gasteiger partial charge on any atom is -0.341 e. The summed E-state index contributed by atoms with van der Waals surface area (Å²) in [5.41, 5.74) is 0. The summed E-state index contributed by atoms with van der Waals surface area (Å²) >= 11 is 0. The minimum atomic E-state index is 0. The molecule has 5 heteroatoms. The topological polar surface area (TPSA) is 35.6 Å². The van der Waals surface area contributed by atoms with E-state index < -0.39 is 0 Å². The molecule has 0 bridgehead atoms. The second-order valence-corrected chi connectivity index (χ2v) is 5.55. The van der Waals surface area contributed by atoms with E-state index in [4.69, 9.17) is 0 Å². The Morgan fingerprint density at radius 3 is 2.32 bits per heavy atom. The fourth-order valence-corrected chi connectivity index (χ4v) is 2.97. The molecule has 0 aliphatic carbocycles. The third-order valence-corrected chi connectivity index (χ3v) is 4.20. The first kappa shape index (κ1) is 16.7. The molecule has 4 nitrogen and oxygen atoms in total. The van der Waals surface area contributed by atoms with Crippen molar-refractivity contribution in [3.05, 3.63) is 0 Å². The maximum absolute atomic E-state index is 12.5. The first-order valence-electron chi connectivity index (χ1n) is 7.52. The molecule has 0 spiro atoms. The second kappa shape index (κ2) is 8.77. The van der Waals surface area contributed by atoms with E-state index >= 15 is 0 Å². The highest BCUT2D eigenvalue weighted by Crippen LogP contribution is 2.13. The molecule has 2 aliphatic rings. The summed E-state index contributed by atoms with van der Waals surface area (Å²) in [6, 6.07) is 0.0583. The van der Waals surface area contributed by atoms with Gasteiger partial charge in [-0.15, -0.1) is 12.4 Å². The fraction of sp³-hybridized carbons (Fsp3) is 0.929. The molecular weight excluding hydrogens is 262 g/mol. The van der Waals surface area contributed by atoms with E-state index in [1.54, 1.807) is 0 Å². The van der Waals surface area contributed by atoms with Gasteiger partial charge in [0.05, 0.1) is 6.04 Å². The molecule has 2 rings (SSSR count). The van der Waals surface area contributed by atoms with Gasteiger partial charge in [-0.1, -0.05) is 12.8 Å². The van der Waals surface area contributed by atoms with Crippen molar-refractivity contribution in [1.82, 2.24) is 15.1 Å². The van der Waals surface area contributed by atoms with Crippen LogP contribution in [-0.2, 0) is 4.79 Å². The Hall–Kier alpha value is -0.320. The zero-order valence-electron chi connectivity index (χ0n) is 12.1. The van der Waals surface area contributed by atoms with E-state index in [-0.39, 0.29) is 18.4 Å². The first-order valence-corrected chi connectivity index (χ1v) is 7.52. The van der Waals surface area contributed by atoms with Crippen LogP contribution < -0.4 is 5.32 Å². The molecule has 0 saturated carbocycles. The maximum atomic E-state index is 12.5. The number of hydrogen-bond donors (Lipinski definition) is 1. The molecule has 2 aliphatic heterocycles. The van der Waals surface area contributed by atoms with Gasteiger partial charge < -0.3 is 10.2 Å². The number of nitrogens with zero attached hydrogens (tertiary/aromatic N) is 2. The molecule has 1 amide bonds. The zero-order chi connectivity index (χ0) is 12.8. The van der Waals surface area contributed by atoms with Crippen LogP contribution in [0, 0.1) is 0 Å². The number of carbonyl (C=O) groups excluding carboxylic acids is 1. The highest BCUT2D eigenvalue weighted by Gasteiger charge is 2.26. The Morgan fingerprint density at radius 1 is 0.947 bits per heavy atom. The Labute approximate surface area is 123 Å². The molecular formula is C14H28ClN3O. The lowest BCUT2D eigenvalue weighted by atomic mass is 10.2. The van der Waals surface area contributed by atoms with Crippen molar-refractivity contribution >= 4 is 18.3 Å². The number of halogens is 1. The summed E-state index contributed by atoms with van der Waals surface area (Å²) in [7, 11) is 0. The lowest BCUT2D eigenvalue weighted by Gasteiger charge is -2.31. The quantitative estimate of drug-likeness (QED) is 0.837. The maximum Gasteiger partial charge on any atom is 0.239 e. The second-order valence-electron chi connectivity index (χ2n) is 5.55. The number of amides is 1. The van der Waals surface area contributed by atoms with Gasteiger partial charge in [0.1, 0.15) is 0 Å². The normalized spacial score (nSPS) is 23.9. The molecule has 112 valence electrons. The van der Waals surface area contributed by atoms with Crippen molar-refractivity contribution in [3.8, 4) is 0 Å². The Balaban J connectivity index is 0.00000180. The summed E-state index contributed by atoms with van der Waals surface area (Å²) in [5.74, 6) is 0.346. The SMILES string of the molecule is CC(C(=O)N1CCCCCC1)N1CCCNCC1.Cl. The summed E-state index contributed by atoms with van der Waals surface area (Å²) in [6.07, 6.45) is 6.08. The Bertz CT molecular complexity index is 259. The smallest absolute Gasteiger partial charge is 0.239 e. The van der Waals surface area contributed by atoms with Gasteiger partial charge in [-0.05, 0) is 32.7 Å². The van der Waals surface area contributed by atoms with Crippen LogP contribution in [0.25, 0.3) is 0 Å². The van der Waals surface area contributed by atoms with E-state index in [1.807, 2.05) is 0 Å². The summed E-state index contributed by atoms with van der Waals surface area (Å²) in [4.78, 5) is 17.0. The molecule has 1 unspecified atom stereocenters. The van der Waals surface area contributed by atoms with Gasteiger partial charge in [-0.3, -0.25) is 9.69 Å². The molecule has 2 heterocycles. The van der Waals surface area contributed by atoms with Crippen LogP contribution in [0.3, 0.4) is 0 Å². The molecule has 0 aromatic heterocycles. The van der Waals surface area contributed by atoms with Crippen LogP contribution >= 0.6 is 12.4 Å². The predicted octanol–water partition coefficient (Wildman–Crippen LogP) is 1.49. The standard InChI is InChI=1S/C14H27N3O.ClH/c1-13(16-11-6-7-15-8-12-16)14(18)17-9-4-2-3-5-10-17;/h13,15H,2-12H2,1H3;1H. The largest absolute Gasteiger partial charge is 0.341 e. The average molecular weight is 290 g/mol. The lowest BCUT2D eigenvalue weighted by molar-refractivity contribution is -0.136. The Morgan fingerprint density at radius 2 is 1.63 bits per heavy atom. The van der Waals surface area contributed by atoms with Crippen LogP contribution in [0.2, 0.25) is 0 Å². The number of nitrogens with one attached hydrogen (secondary N) is 1. The van der Waals surface area contributed by atoms with Gasteiger partial charge in [0.25, 0.3) is 0 Å². The average Bonchev–Trinajstić information content (AvgIpc) is 2.81. The summed E-state index contributed by atoms with van der Waals surface area (Å²) < 4.78 is 0. The molecule has 2 saturated heterocycles. The van der Waals surface area contributed by atoms with Gasteiger partial charge in [0.2, 0.25) is 5.91 Å². The summed E-state index contributed by atoms with van der Waals surface area (Å²) in [5, 5.41) is 3.39. The van der Waals surface area contributed by atoms with E-state index in [0.717, 1.165) is 45.7 Å². The van der Waals surface area contributed by atoms with E-state index in [0.29, 0.717) is 5.91 Å². The van der Waals surface area contributed by atoms with Crippen LogP contribution in [0.5, 0.6) is 0 Å². The third-order valence-electron chi connectivity index (χ3n) is 4.20. The van der Waals surface area contributed by atoms with Crippen molar-refractivity contribution < 1.29 is 4.79 Å². The van der Waals surface area contributed by atoms with Crippen LogP contribution in [0.4, 0.5) is 0 Å². The molecule has 0 aromatic rings. The number of hydrogen-bond acceptors (Lipinski definition) is 3. The van der Waals surface area contributed by atoms with Gasteiger partial charge in [0.15, 0.2) is 0 Å². The van der Waals surface area contributed by atoms with Gasteiger partial charge in [-0.2, -0.15) is 0 Å².